The Balaban J connectivity index is 2.91. The first kappa shape index (κ1) is 18.1. The molecule has 0 fully saturated rings. The SMILES string of the molecule is COC(C)CNS(=O)(=O)c1cc(CNC(C)C)ccc1C. The minimum Gasteiger partial charge on any atom is -0.380 e. The summed E-state index contributed by atoms with van der Waals surface area (Å²) in [6, 6.07) is 5.87. The molecule has 1 unspecified atom stereocenters. The molecule has 0 amide bonds. The van der Waals surface area contributed by atoms with Gasteiger partial charge in [0.05, 0.1) is 11.0 Å². The zero-order valence-electron chi connectivity index (χ0n) is 13.4. The monoisotopic (exact) mass is 314 g/mol. The molecule has 1 atom stereocenters. The average molecular weight is 314 g/mol. The fourth-order valence-corrected chi connectivity index (χ4v) is 3.16. The molecule has 0 aliphatic rings. The third kappa shape index (κ3) is 5.74. The van der Waals surface area contributed by atoms with Gasteiger partial charge in [0, 0.05) is 26.2 Å². The molecule has 0 aromatic heterocycles. The van der Waals surface area contributed by atoms with Gasteiger partial charge in [-0.05, 0) is 31.0 Å². The number of hydrogen-bond donors (Lipinski definition) is 2. The zero-order chi connectivity index (χ0) is 16.0. The highest BCUT2D eigenvalue weighted by atomic mass is 32.2. The molecule has 6 heteroatoms. The van der Waals surface area contributed by atoms with Crippen molar-refractivity contribution < 1.29 is 13.2 Å². The van der Waals surface area contributed by atoms with Crippen LogP contribution in [-0.4, -0.2) is 34.2 Å². The van der Waals surface area contributed by atoms with Gasteiger partial charge in [-0.15, -0.1) is 0 Å². The maximum absolute atomic E-state index is 12.4. The topological polar surface area (TPSA) is 67.4 Å². The standard InChI is InChI=1S/C15H26N2O3S/c1-11(2)16-10-14-7-6-12(3)15(8-14)21(18,19)17-9-13(4)20-5/h6-8,11,13,16-17H,9-10H2,1-5H3. The highest BCUT2D eigenvalue weighted by molar-refractivity contribution is 7.89. The first-order valence-electron chi connectivity index (χ1n) is 7.11. The van der Waals surface area contributed by atoms with Crippen LogP contribution in [0.2, 0.25) is 0 Å². The van der Waals surface area contributed by atoms with Crippen LogP contribution in [0, 0.1) is 6.92 Å². The molecule has 1 aromatic rings. The van der Waals surface area contributed by atoms with Gasteiger partial charge in [0.2, 0.25) is 10.0 Å². The minimum atomic E-state index is -3.51. The summed E-state index contributed by atoms with van der Waals surface area (Å²) in [5.41, 5.74) is 1.69. The Bertz CT molecular complexity index is 556. The molecule has 0 aliphatic carbocycles. The molecule has 0 spiro atoms. The second-order valence-corrected chi connectivity index (χ2v) is 7.27. The first-order chi connectivity index (χ1) is 9.76. The van der Waals surface area contributed by atoms with E-state index < -0.39 is 10.0 Å². The summed E-state index contributed by atoms with van der Waals surface area (Å²) in [5.74, 6) is 0. The van der Waals surface area contributed by atoms with E-state index in [1.807, 2.05) is 19.1 Å². The number of hydrogen-bond acceptors (Lipinski definition) is 4. The van der Waals surface area contributed by atoms with Gasteiger partial charge in [-0.3, -0.25) is 0 Å². The molecular formula is C15H26N2O3S. The lowest BCUT2D eigenvalue weighted by Crippen LogP contribution is -2.32. The van der Waals surface area contributed by atoms with Crippen molar-refractivity contribution >= 4 is 10.0 Å². The molecule has 1 aromatic carbocycles. The summed E-state index contributed by atoms with van der Waals surface area (Å²) in [6.07, 6.45) is -0.161. The van der Waals surface area contributed by atoms with Gasteiger partial charge in [0.15, 0.2) is 0 Å². The maximum Gasteiger partial charge on any atom is 0.240 e. The van der Waals surface area contributed by atoms with Crippen molar-refractivity contribution in [3.05, 3.63) is 29.3 Å². The number of ether oxygens (including phenoxy) is 1. The van der Waals surface area contributed by atoms with Crippen LogP contribution in [0.15, 0.2) is 23.1 Å². The normalized spacial score (nSPS) is 13.6. The predicted octanol–water partition coefficient (Wildman–Crippen LogP) is 1.81. The molecule has 1 rings (SSSR count). The molecular weight excluding hydrogens is 288 g/mol. The van der Waals surface area contributed by atoms with E-state index in [9.17, 15) is 8.42 Å². The van der Waals surface area contributed by atoms with Crippen LogP contribution in [0.4, 0.5) is 0 Å². The van der Waals surface area contributed by atoms with Gasteiger partial charge in [0.25, 0.3) is 0 Å². The van der Waals surface area contributed by atoms with Crippen molar-refractivity contribution in [2.75, 3.05) is 13.7 Å². The third-order valence-electron chi connectivity index (χ3n) is 3.22. The molecule has 2 N–H and O–H groups in total. The van der Waals surface area contributed by atoms with E-state index in [4.69, 9.17) is 4.74 Å². The van der Waals surface area contributed by atoms with E-state index in [0.29, 0.717) is 17.5 Å². The smallest absolute Gasteiger partial charge is 0.240 e. The van der Waals surface area contributed by atoms with Crippen molar-refractivity contribution in [3.63, 3.8) is 0 Å². The van der Waals surface area contributed by atoms with E-state index in [2.05, 4.69) is 23.9 Å². The minimum absolute atomic E-state index is 0.161. The Labute approximate surface area is 128 Å². The van der Waals surface area contributed by atoms with E-state index in [1.165, 1.54) is 0 Å². The Morgan fingerprint density at radius 3 is 2.48 bits per heavy atom. The van der Waals surface area contributed by atoms with Crippen LogP contribution >= 0.6 is 0 Å². The number of rotatable bonds is 8. The lowest BCUT2D eigenvalue weighted by molar-refractivity contribution is 0.122. The summed E-state index contributed by atoms with van der Waals surface area (Å²) in [7, 11) is -1.96. The summed E-state index contributed by atoms with van der Waals surface area (Å²) < 4.78 is 32.4. The van der Waals surface area contributed by atoms with Crippen molar-refractivity contribution in [3.8, 4) is 0 Å². The Kier molecular flexibility index (Phi) is 6.80. The number of sulfonamides is 1. The fourth-order valence-electron chi connectivity index (χ4n) is 1.75. The molecule has 0 aliphatic heterocycles. The van der Waals surface area contributed by atoms with Crippen LogP contribution < -0.4 is 10.0 Å². The number of nitrogens with one attached hydrogen (secondary N) is 2. The quantitative estimate of drug-likeness (QED) is 0.768. The highest BCUT2D eigenvalue weighted by Gasteiger charge is 2.18. The molecule has 5 nitrogen and oxygen atoms in total. The fraction of sp³-hybridized carbons (Fsp3) is 0.600. The molecule has 0 bridgehead atoms. The summed E-state index contributed by atoms with van der Waals surface area (Å²) in [4.78, 5) is 0.328. The number of benzene rings is 1. The summed E-state index contributed by atoms with van der Waals surface area (Å²) >= 11 is 0. The van der Waals surface area contributed by atoms with E-state index in [0.717, 1.165) is 11.1 Å². The van der Waals surface area contributed by atoms with Crippen molar-refractivity contribution in [2.45, 2.75) is 51.3 Å². The van der Waals surface area contributed by atoms with Gasteiger partial charge in [-0.2, -0.15) is 0 Å². The van der Waals surface area contributed by atoms with Gasteiger partial charge in [-0.1, -0.05) is 26.0 Å². The van der Waals surface area contributed by atoms with Crippen molar-refractivity contribution in [1.29, 1.82) is 0 Å². The lowest BCUT2D eigenvalue weighted by Gasteiger charge is -2.14. The van der Waals surface area contributed by atoms with Crippen LogP contribution in [0.3, 0.4) is 0 Å². The van der Waals surface area contributed by atoms with Gasteiger partial charge in [0.1, 0.15) is 0 Å². The Morgan fingerprint density at radius 1 is 1.24 bits per heavy atom. The van der Waals surface area contributed by atoms with E-state index in [-0.39, 0.29) is 12.6 Å². The van der Waals surface area contributed by atoms with Crippen LogP contribution in [0.1, 0.15) is 31.9 Å². The molecule has 0 saturated heterocycles. The number of methoxy groups -OCH3 is 1. The summed E-state index contributed by atoms with van der Waals surface area (Å²) in [5, 5.41) is 3.28. The van der Waals surface area contributed by atoms with Gasteiger partial charge >= 0.3 is 0 Å². The van der Waals surface area contributed by atoms with E-state index in [1.54, 1.807) is 20.1 Å². The molecule has 21 heavy (non-hydrogen) atoms. The van der Waals surface area contributed by atoms with Crippen LogP contribution in [-0.2, 0) is 21.3 Å². The first-order valence-corrected chi connectivity index (χ1v) is 8.60. The number of aryl methyl sites for hydroxylation is 1. The largest absolute Gasteiger partial charge is 0.380 e. The van der Waals surface area contributed by atoms with Crippen molar-refractivity contribution in [2.24, 2.45) is 0 Å². The second-order valence-electron chi connectivity index (χ2n) is 5.53. The maximum atomic E-state index is 12.4. The second kappa shape index (κ2) is 7.89. The predicted molar refractivity (Wildman–Crippen MR) is 84.8 cm³/mol. The van der Waals surface area contributed by atoms with E-state index >= 15 is 0 Å². The molecule has 0 radical (unpaired) electrons. The zero-order valence-corrected chi connectivity index (χ0v) is 14.3. The lowest BCUT2D eigenvalue weighted by atomic mass is 10.1. The summed E-state index contributed by atoms with van der Waals surface area (Å²) in [6.45, 7) is 8.63. The van der Waals surface area contributed by atoms with Gasteiger partial charge < -0.3 is 10.1 Å². The highest BCUT2D eigenvalue weighted by Crippen LogP contribution is 2.17. The average Bonchev–Trinajstić information content (AvgIpc) is 2.43. The van der Waals surface area contributed by atoms with Crippen LogP contribution in [0.25, 0.3) is 0 Å². The molecule has 0 saturated carbocycles. The molecule has 0 heterocycles. The molecule has 120 valence electrons. The Hall–Kier alpha value is -0.950. The third-order valence-corrected chi connectivity index (χ3v) is 4.79. The van der Waals surface area contributed by atoms with Crippen molar-refractivity contribution in [1.82, 2.24) is 10.0 Å². The van der Waals surface area contributed by atoms with Crippen LogP contribution in [0.5, 0.6) is 0 Å². The van der Waals surface area contributed by atoms with Gasteiger partial charge in [-0.25, -0.2) is 13.1 Å². The Morgan fingerprint density at radius 2 is 1.90 bits per heavy atom.